The molecule has 0 bridgehead atoms. The van der Waals surface area contributed by atoms with Crippen molar-refractivity contribution < 1.29 is 9.53 Å². The lowest BCUT2D eigenvalue weighted by molar-refractivity contribution is -0.120. The summed E-state index contributed by atoms with van der Waals surface area (Å²) in [5.41, 5.74) is 3.85. The fourth-order valence-electron chi connectivity index (χ4n) is 2.28. The number of amides is 1. The number of nitrogens with one attached hydrogen (secondary N) is 2. The van der Waals surface area contributed by atoms with E-state index < -0.39 is 0 Å². The van der Waals surface area contributed by atoms with Crippen LogP contribution in [0.5, 0.6) is 5.75 Å². The molecule has 2 N–H and O–H groups in total. The fourth-order valence-corrected chi connectivity index (χ4v) is 2.28. The molecule has 3 rings (SSSR count). The molecule has 0 saturated carbocycles. The number of fused-ring (bicyclic) bond motifs is 1. The van der Waals surface area contributed by atoms with Gasteiger partial charge >= 0.3 is 0 Å². The molecule has 1 aromatic heterocycles. The zero-order chi connectivity index (χ0) is 15.4. The molecule has 0 aliphatic carbocycles. The van der Waals surface area contributed by atoms with Crippen molar-refractivity contribution in [1.82, 2.24) is 15.3 Å². The third kappa shape index (κ3) is 3.25. The van der Waals surface area contributed by atoms with Crippen molar-refractivity contribution in [1.29, 1.82) is 0 Å². The van der Waals surface area contributed by atoms with Crippen LogP contribution in [0, 0.1) is 0 Å². The van der Waals surface area contributed by atoms with Crippen molar-refractivity contribution in [2.75, 3.05) is 7.11 Å². The summed E-state index contributed by atoms with van der Waals surface area (Å²) < 4.78 is 5.11. The Morgan fingerprint density at radius 3 is 2.73 bits per heavy atom. The molecule has 0 unspecified atom stereocenters. The molecular formula is C17H17N3O2. The molecule has 0 radical (unpaired) electrons. The van der Waals surface area contributed by atoms with Gasteiger partial charge in [0.15, 0.2) is 0 Å². The summed E-state index contributed by atoms with van der Waals surface area (Å²) >= 11 is 0. The second-order valence-electron chi connectivity index (χ2n) is 5.06. The van der Waals surface area contributed by atoms with Gasteiger partial charge in [0.25, 0.3) is 0 Å². The SMILES string of the molecule is COc1ccc(CNC(=O)Cc2ccc3nc[nH]c3c2)cc1. The molecule has 0 fully saturated rings. The summed E-state index contributed by atoms with van der Waals surface area (Å²) in [7, 11) is 1.63. The zero-order valence-electron chi connectivity index (χ0n) is 12.3. The Bertz CT molecular complexity index is 778. The summed E-state index contributed by atoms with van der Waals surface area (Å²) in [6.45, 7) is 0.509. The predicted octanol–water partition coefficient (Wildman–Crippen LogP) is 2.43. The van der Waals surface area contributed by atoms with E-state index in [4.69, 9.17) is 4.74 Å². The number of carbonyl (C=O) groups excluding carboxylic acids is 1. The van der Waals surface area contributed by atoms with E-state index in [2.05, 4.69) is 15.3 Å². The van der Waals surface area contributed by atoms with Gasteiger partial charge in [0, 0.05) is 6.54 Å². The number of aromatic nitrogens is 2. The quantitative estimate of drug-likeness (QED) is 0.759. The topological polar surface area (TPSA) is 67.0 Å². The highest BCUT2D eigenvalue weighted by molar-refractivity contribution is 5.81. The molecule has 0 spiro atoms. The summed E-state index contributed by atoms with van der Waals surface area (Å²) in [4.78, 5) is 19.2. The van der Waals surface area contributed by atoms with Gasteiger partial charge in [-0.15, -0.1) is 0 Å². The van der Waals surface area contributed by atoms with Gasteiger partial charge in [-0.25, -0.2) is 4.98 Å². The van der Waals surface area contributed by atoms with Crippen molar-refractivity contribution >= 4 is 16.9 Å². The van der Waals surface area contributed by atoms with Crippen LogP contribution in [0.2, 0.25) is 0 Å². The second kappa shape index (κ2) is 6.30. The highest BCUT2D eigenvalue weighted by atomic mass is 16.5. The molecule has 1 heterocycles. The maximum Gasteiger partial charge on any atom is 0.224 e. The maximum absolute atomic E-state index is 12.0. The molecule has 0 aliphatic heterocycles. The monoisotopic (exact) mass is 295 g/mol. The summed E-state index contributed by atoms with van der Waals surface area (Å²) in [6, 6.07) is 13.4. The Morgan fingerprint density at radius 1 is 1.18 bits per heavy atom. The minimum Gasteiger partial charge on any atom is -0.497 e. The van der Waals surface area contributed by atoms with Crippen LogP contribution in [0.15, 0.2) is 48.8 Å². The molecule has 22 heavy (non-hydrogen) atoms. The molecule has 2 aromatic carbocycles. The molecule has 1 amide bonds. The fraction of sp³-hybridized carbons (Fsp3) is 0.176. The average molecular weight is 295 g/mol. The lowest BCUT2D eigenvalue weighted by Gasteiger charge is -2.06. The number of rotatable bonds is 5. The van der Waals surface area contributed by atoms with E-state index in [0.717, 1.165) is 27.9 Å². The van der Waals surface area contributed by atoms with Crippen LogP contribution in [0.3, 0.4) is 0 Å². The van der Waals surface area contributed by atoms with E-state index in [1.54, 1.807) is 13.4 Å². The molecule has 5 nitrogen and oxygen atoms in total. The molecular weight excluding hydrogens is 278 g/mol. The van der Waals surface area contributed by atoms with E-state index in [-0.39, 0.29) is 5.91 Å². The Morgan fingerprint density at radius 2 is 1.95 bits per heavy atom. The van der Waals surface area contributed by atoms with E-state index in [0.29, 0.717) is 13.0 Å². The highest BCUT2D eigenvalue weighted by Gasteiger charge is 2.05. The number of hydrogen-bond acceptors (Lipinski definition) is 3. The molecule has 0 saturated heterocycles. The highest BCUT2D eigenvalue weighted by Crippen LogP contribution is 2.13. The first-order valence-electron chi connectivity index (χ1n) is 7.06. The zero-order valence-corrected chi connectivity index (χ0v) is 12.3. The third-order valence-electron chi connectivity index (χ3n) is 3.50. The van der Waals surface area contributed by atoms with Crippen molar-refractivity contribution in [3.63, 3.8) is 0 Å². The summed E-state index contributed by atoms with van der Waals surface area (Å²) in [6.07, 6.45) is 2.00. The number of carbonyl (C=O) groups is 1. The molecule has 3 aromatic rings. The van der Waals surface area contributed by atoms with Crippen molar-refractivity contribution in [2.24, 2.45) is 0 Å². The first kappa shape index (κ1) is 14.1. The van der Waals surface area contributed by atoms with Crippen LogP contribution in [0.25, 0.3) is 11.0 Å². The standard InChI is InChI=1S/C17H17N3O2/c1-22-14-5-2-12(3-6-14)10-18-17(21)9-13-4-7-15-16(8-13)20-11-19-15/h2-8,11H,9-10H2,1H3,(H,18,21)(H,19,20). The van der Waals surface area contributed by atoms with Gasteiger partial charge in [0.2, 0.25) is 5.91 Å². The first-order chi connectivity index (χ1) is 10.7. The van der Waals surface area contributed by atoms with Crippen LogP contribution in [0.4, 0.5) is 0 Å². The van der Waals surface area contributed by atoms with Gasteiger partial charge < -0.3 is 15.0 Å². The summed E-state index contributed by atoms with van der Waals surface area (Å²) in [5, 5.41) is 2.92. The lowest BCUT2D eigenvalue weighted by atomic mass is 10.1. The van der Waals surface area contributed by atoms with E-state index in [9.17, 15) is 4.79 Å². The average Bonchev–Trinajstić information content (AvgIpc) is 3.01. The Labute approximate surface area is 128 Å². The minimum atomic E-state index is -0.00492. The number of benzene rings is 2. The molecule has 112 valence electrons. The normalized spacial score (nSPS) is 10.6. The molecule has 0 atom stereocenters. The van der Waals surface area contributed by atoms with Gasteiger partial charge in [-0.1, -0.05) is 18.2 Å². The number of nitrogens with zero attached hydrogens (tertiary/aromatic N) is 1. The van der Waals surface area contributed by atoms with E-state index in [1.807, 2.05) is 42.5 Å². The summed E-state index contributed by atoms with van der Waals surface area (Å²) in [5.74, 6) is 0.803. The number of ether oxygens (including phenoxy) is 1. The van der Waals surface area contributed by atoms with Crippen LogP contribution in [-0.2, 0) is 17.8 Å². The van der Waals surface area contributed by atoms with Crippen LogP contribution in [-0.4, -0.2) is 23.0 Å². The molecule has 5 heteroatoms. The minimum absolute atomic E-state index is 0.00492. The van der Waals surface area contributed by atoms with Gasteiger partial charge in [0.05, 0.1) is 30.9 Å². The second-order valence-corrected chi connectivity index (χ2v) is 5.06. The van der Waals surface area contributed by atoms with E-state index >= 15 is 0 Å². The third-order valence-corrected chi connectivity index (χ3v) is 3.50. The maximum atomic E-state index is 12.0. The predicted molar refractivity (Wildman–Crippen MR) is 84.6 cm³/mol. The number of aromatic amines is 1. The number of imidazole rings is 1. The van der Waals surface area contributed by atoms with Crippen LogP contribution >= 0.6 is 0 Å². The lowest BCUT2D eigenvalue weighted by Crippen LogP contribution is -2.24. The van der Waals surface area contributed by atoms with Gasteiger partial charge in [-0.2, -0.15) is 0 Å². The van der Waals surface area contributed by atoms with Crippen molar-refractivity contribution in [2.45, 2.75) is 13.0 Å². The largest absolute Gasteiger partial charge is 0.497 e. The van der Waals surface area contributed by atoms with Crippen LogP contribution < -0.4 is 10.1 Å². The van der Waals surface area contributed by atoms with Crippen molar-refractivity contribution in [3.8, 4) is 5.75 Å². The van der Waals surface area contributed by atoms with Crippen molar-refractivity contribution in [3.05, 3.63) is 59.9 Å². The van der Waals surface area contributed by atoms with Crippen LogP contribution in [0.1, 0.15) is 11.1 Å². The first-order valence-corrected chi connectivity index (χ1v) is 7.06. The molecule has 0 aliphatic rings. The Hall–Kier alpha value is -2.82. The Kier molecular flexibility index (Phi) is 4.05. The van der Waals surface area contributed by atoms with E-state index in [1.165, 1.54) is 0 Å². The number of hydrogen-bond donors (Lipinski definition) is 2. The number of methoxy groups -OCH3 is 1. The number of H-pyrrole nitrogens is 1. The smallest absolute Gasteiger partial charge is 0.224 e. The van der Waals surface area contributed by atoms with Gasteiger partial charge in [0.1, 0.15) is 5.75 Å². The van der Waals surface area contributed by atoms with Gasteiger partial charge in [-0.05, 0) is 35.4 Å². The Balaban J connectivity index is 1.57. The van der Waals surface area contributed by atoms with Gasteiger partial charge in [-0.3, -0.25) is 4.79 Å².